The van der Waals surface area contributed by atoms with Crippen molar-refractivity contribution in [2.45, 2.75) is 20.3 Å². The van der Waals surface area contributed by atoms with Crippen molar-refractivity contribution < 1.29 is 23.9 Å². The van der Waals surface area contributed by atoms with E-state index < -0.39 is 11.9 Å². The standard InChI is InChI=1S/C12H16N2O5S/c1-3-18-10(16)8(11(17)19-4-2)7-14-6-5-9(15)13-12(14)20/h7H,3-6H2,1-2H3,(H,13,15,20). The highest BCUT2D eigenvalue weighted by Gasteiger charge is 2.25. The van der Waals surface area contributed by atoms with Crippen LogP contribution in [0, 0.1) is 0 Å². The molecule has 1 saturated heterocycles. The summed E-state index contributed by atoms with van der Waals surface area (Å²) in [5, 5.41) is 2.58. The smallest absolute Gasteiger partial charge is 0.347 e. The highest BCUT2D eigenvalue weighted by molar-refractivity contribution is 7.80. The van der Waals surface area contributed by atoms with Gasteiger partial charge in [-0.2, -0.15) is 0 Å². The predicted molar refractivity (Wildman–Crippen MR) is 73.4 cm³/mol. The summed E-state index contributed by atoms with van der Waals surface area (Å²) < 4.78 is 9.61. The lowest BCUT2D eigenvalue weighted by Gasteiger charge is -2.26. The Morgan fingerprint density at radius 2 is 1.85 bits per heavy atom. The van der Waals surface area contributed by atoms with E-state index in [2.05, 4.69) is 5.32 Å². The molecular formula is C12H16N2O5S. The third-order valence-electron chi connectivity index (χ3n) is 2.36. The van der Waals surface area contributed by atoms with Gasteiger partial charge in [-0.15, -0.1) is 0 Å². The first-order chi connectivity index (χ1) is 9.49. The van der Waals surface area contributed by atoms with Gasteiger partial charge in [0.2, 0.25) is 5.91 Å². The summed E-state index contributed by atoms with van der Waals surface area (Å²) in [7, 11) is 0. The van der Waals surface area contributed by atoms with Crippen molar-refractivity contribution in [3.63, 3.8) is 0 Å². The fourth-order valence-electron chi connectivity index (χ4n) is 1.46. The molecule has 8 heteroatoms. The number of rotatable bonds is 5. The van der Waals surface area contributed by atoms with Crippen molar-refractivity contribution in [3.8, 4) is 0 Å². The van der Waals surface area contributed by atoms with E-state index in [1.165, 1.54) is 11.1 Å². The van der Waals surface area contributed by atoms with Crippen LogP contribution in [-0.2, 0) is 23.9 Å². The zero-order valence-electron chi connectivity index (χ0n) is 11.3. The number of nitrogens with one attached hydrogen (secondary N) is 1. The molecule has 1 rings (SSSR count). The third-order valence-corrected chi connectivity index (χ3v) is 2.70. The Labute approximate surface area is 121 Å². The van der Waals surface area contributed by atoms with Gasteiger partial charge in [0.15, 0.2) is 10.7 Å². The van der Waals surface area contributed by atoms with Gasteiger partial charge in [-0.05, 0) is 26.1 Å². The van der Waals surface area contributed by atoms with Crippen LogP contribution in [0.5, 0.6) is 0 Å². The minimum absolute atomic E-state index is 0.132. The summed E-state index contributed by atoms with van der Waals surface area (Å²) in [4.78, 5) is 36.1. The minimum Gasteiger partial charge on any atom is -0.462 e. The van der Waals surface area contributed by atoms with Crippen molar-refractivity contribution in [2.24, 2.45) is 0 Å². The summed E-state index contributed by atoms with van der Waals surface area (Å²) in [5.41, 5.74) is -0.257. The average Bonchev–Trinajstić information content (AvgIpc) is 2.38. The summed E-state index contributed by atoms with van der Waals surface area (Å²) in [5.74, 6) is -1.77. The lowest BCUT2D eigenvalue weighted by atomic mass is 10.2. The SMILES string of the molecule is CCOC(=O)C(=CN1CCC(=O)NC1=S)C(=O)OCC. The first-order valence-corrected chi connectivity index (χ1v) is 6.56. The molecule has 0 aromatic rings. The lowest BCUT2D eigenvalue weighted by Crippen LogP contribution is -2.47. The zero-order chi connectivity index (χ0) is 15.1. The van der Waals surface area contributed by atoms with Crippen LogP contribution in [0.4, 0.5) is 0 Å². The van der Waals surface area contributed by atoms with Crippen molar-refractivity contribution in [1.82, 2.24) is 10.2 Å². The first-order valence-electron chi connectivity index (χ1n) is 6.16. The Morgan fingerprint density at radius 3 is 2.30 bits per heavy atom. The molecule has 1 amide bonds. The van der Waals surface area contributed by atoms with Crippen molar-refractivity contribution in [1.29, 1.82) is 0 Å². The van der Waals surface area contributed by atoms with Crippen LogP contribution >= 0.6 is 12.2 Å². The van der Waals surface area contributed by atoms with Crippen LogP contribution in [0.3, 0.4) is 0 Å². The van der Waals surface area contributed by atoms with Gasteiger partial charge in [0.05, 0.1) is 13.2 Å². The predicted octanol–water partition coefficient (Wildman–Crippen LogP) is 0.103. The maximum atomic E-state index is 11.8. The molecule has 20 heavy (non-hydrogen) atoms. The number of ether oxygens (including phenoxy) is 2. The quantitative estimate of drug-likeness (QED) is 0.253. The second-order valence-electron chi connectivity index (χ2n) is 3.78. The van der Waals surface area contributed by atoms with Gasteiger partial charge in [-0.1, -0.05) is 0 Å². The van der Waals surface area contributed by atoms with Crippen LogP contribution in [-0.4, -0.2) is 47.6 Å². The van der Waals surface area contributed by atoms with Gasteiger partial charge in [-0.3, -0.25) is 4.79 Å². The topological polar surface area (TPSA) is 84.9 Å². The molecule has 0 radical (unpaired) electrons. The van der Waals surface area contributed by atoms with E-state index in [-0.39, 0.29) is 42.8 Å². The normalized spacial score (nSPS) is 14.4. The molecule has 0 atom stereocenters. The van der Waals surface area contributed by atoms with E-state index in [9.17, 15) is 14.4 Å². The third kappa shape index (κ3) is 4.30. The molecule has 0 unspecified atom stereocenters. The highest BCUT2D eigenvalue weighted by atomic mass is 32.1. The van der Waals surface area contributed by atoms with E-state index in [4.69, 9.17) is 21.7 Å². The van der Waals surface area contributed by atoms with Gasteiger partial charge >= 0.3 is 11.9 Å². The molecule has 1 aliphatic rings. The molecule has 1 fully saturated rings. The van der Waals surface area contributed by atoms with E-state index in [0.717, 1.165) is 0 Å². The molecule has 7 nitrogen and oxygen atoms in total. The first kappa shape index (κ1) is 16.1. The fourth-order valence-corrected chi connectivity index (χ4v) is 1.72. The molecule has 1 N–H and O–H groups in total. The Morgan fingerprint density at radius 1 is 1.30 bits per heavy atom. The van der Waals surface area contributed by atoms with Crippen LogP contribution in [0.15, 0.2) is 11.8 Å². The van der Waals surface area contributed by atoms with Gasteiger partial charge in [0, 0.05) is 19.2 Å². The number of esters is 2. The average molecular weight is 300 g/mol. The molecule has 0 aliphatic carbocycles. The highest BCUT2D eigenvalue weighted by Crippen LogP contribution is 2.08. The molecule has 0 aromatic carbocycles. The number of hydrogen-bond donors (Lipinski definition) is 1. The monoisotopic (exact) mass is 300 g/mol. The lowest BCUT2D eigenvalue weighted by molar-refractivity contribution is -0.146. The second-order valence-corrected chi connectivity index (χ2v) is 4.17. The minimum atomic E-state index is -0.786. The number of nitrogens with zero attached hydrogens (tertiary/aromatic N) is 1. The van der Waals surface area contributed by atoms with Gasteiger partial charge in [0.25, 0.3) is 0 Å². The Bertz CT molecular complexity index is 441. The number of carbonyl (C=O) groups is 3. The Balaban J connectivity index is 2.94. The molecule has 1 heterocycles. The largest absolute Gasteiger partial charge is 0.462 e. The molecule has 0 aromatic heterocycles. The molecular weight excluding hydrogens is 284 g/mol. The summed E-state index contributed by atoms with van der Waals surface area (Å²) in [6, 6.07) is 0. The van der Waals surface area contributed by atoms with Gasteiger partial charge in [0.1, 0.15) is 0 Å². The van der Waals surface area contributed by atoms with E-state index >= 15 is 0 Å². The van der Waals surface area contributed by atoms with E-state index in [1.54, 1.807) is 13.8 Å². The van der Waals surface area contributed by atoms with Crippen LogP contribution in [0.2, 0.25) is 0 Å². The van der Waals surface area contributed by atoms with Gasteiger partial charge < -0.3 is 19.7 Å². The van der Waals surface area contributed by atoms with Crippen LogP contribution < -0.4 is 5.32 Å². The molecule has 0 saturated carbocycles. The molecule has 0 spiro atoms. The fraction of sp³-hybridized carbons (Fsp3) is 0.500. The number of carbonyl (C=O) groups excluding carboxylic acids is 3. The maximum absolute atomic E-state index is 11.8. The number of hydrogen-bond acceptors (Lipinski definition) is 6. The number of amides is 1. The second kappa shape index (κ2) is 7.59. The summed E-state index contributed by atoms with van der Waals surface area (Å²) >= 11 is 4.97. The molecule has 1 aliphatic heterocycles. The van der Waals surface area contributed by atoms with Crippen LogP contribution in [0.1, 0.15) is 20.3 Å². The molecule has 0 bridgehead atoms. The number of thiocarbonyl (C=S) groups is 1. The van der Waals surface area contributed by atoms with E-state index in [1.807, 2.05) is 0 Å². The molecule has 110 valence electrons. The maximum Gasteiger partial charge on any atom is 0.347 e. The summed E-state index contributed by atoms with van der Waals surface area (Å²) in [6.07, 6.45) is 1.47. The van der Waals surface area contributed by atoms with E-state index in [0.29, 0.717) is 0 Å². The van der Waals surface area contributed by atoms with Crippen molar-refractivity contribution >= 4 is 35.2 Å². The Kier molecular flexibility index (Phi) is 6.10. The summed E-state index contributed by atoms with van der Waals surface area (Å²) in [6.45, 7) is 3.82. The van der Waals surface area contributed by atoms with Crippen molar-refractivity contribution in [3.05, 3.63) is 11.8 Å². The van der Waals surface area contributed by atoms with Gasteiger partial charge in [-0.25, -0.2) is 9.59 Å². The Hall–Kier alpha value is -1.96. The van der Waals surface area contributed by atoms with Crippen LogP contribution in [0.25, 0.3) is 0 Å². The zero-order valence-corrected chi connectivity index (χ0v) is 12.1. The van der Waals surface area contributed by atoms with Crippen molar-refractivity contribution in [2.75, 3.05) is 19.8 Å².